The van der Waals surface area contributed by atoms with E-state index in [4.69, 9.17) is 5.21 Å². The summed E-state index contributed by atoms with van der Waals surface area (Å²) in [6, 6.07) is 10.5. The van der Waals surface area contributed by atoms with Crippen LogP contribution in [0, 0.1) is 10.1 Å². The molecule has 106 valence electrons. The summed E-state index contributed by atoms with van der Waals surface area (Å²) >= 11 is 1.47. The summed E-state index contributed by atoms with van der Waals surface area (Å²) in [5.41, 5.74) is 2.79. The lowest BCUT2D eigenvalue weighted by atomic mass is 10.2. The third-order valence-corrected chi connectivity index (χ3v) is 4.38. The van der Waals surface area contributed by atoms with Crippen molar-refractivity contribution in [3.05, 3.63) is 52.1 Å². The predicted molar refractivity (Wildman–Crippen MR) is 81.1 cm³/mol. The Morgan fingerprint density at radius 2 is 1.90 bits per heavy atom. The number of non-ortho nitro benzene ring substituents is 1. The lowest BCUT2D eigenvalue weighted by molar-refractivity contribution is -0.385. The number of anilines is 2. The molecule has 1 N–H and O–H groups in total. The monoisotopic (exact) mass is 301 g/mol. The third kappa shape index (κ3) is 2.31. The highest BCUT2D eigenvalue weighted by atomic mass is 32.2. The van der Waals surface area contributed by atoms with E-state index in [9.17, 15) is 10.1 Å². The third-order valence-electron chi connectivity index (χ3n) is 3.29. The van der Waals surface area contributed by atoms with Gasteiger partial charge in [-0.15, -0.1) is 0 Å². The van der Waals surface area contributed by atoms with Gasteiger partial charge in [-0.3, -0.25) is 10.1 Å². The Hall–Kier alpha value is -2.54. The lowest BCUT2D eigenvalue weighted by Gasteiger charge is -2.29. The van der Waals surface area contributed by atoms with Gasteiger partial charge >= 0.3 is 0 Å². The van der Waals surface area contributed by atoms with Crippen molar-refractivity contribution in [2.75, 3.05) is 11.9 Å². The minimum Gasteiger partial charge on any atom is -0.411 e. The minimum atomic E-state index is -0.398. The molecule has 0 atom stereocenters. The number of benzene rings is 2. The normalized spacial score (nSPS) is 13.1. The van der Waals surface area contributed by atoms with E-state index in [-0.39, 0.29) is 5.69 Å². The summed E-state index contributed by atoms with van der Waals surface area (Å²) in [5.74, 6) is 0. The van der Waals surface area contributed by atoms with Crippen molar-refractivity contribution in [1.29, 1.82) is 0 Å². The summed E-state index contributed by atoms with van der Waals surface area (Å²) in [6.45, 7) is 0. The fourth-order valence-electron chi connectivity index (χ4n) is 2.26. The molecular formula is C14H11N3O3S. The molecule has 0 aromatic heterocycles. The smallest absolute Gasteiger partial charge is 0.270 e. The number of nitro groups is 1. The zero-order valence-electron chi connectivity index (χ0n) is 11.1. The molecule has 1 aliphatic rings. The number of nitrogens with zero attached hydrogens (tertiary/aromatic N) is 3. The van der Waals surface area contributed by atoms with Crippen LogP contribution in [0.3, 0.4) is 0 Å². The van der Waals surface area contributed by atoms with Crippen LogP contribution in [0.5, 0.6) is 0 Å². The van der Waals surface area contributed by atoms with E-state index in [2.05, 4.69) is 5.16 Å². The Bertz CT molecular complexity index is 761. The first-order valence-corrected chi connectivity index (χ1v) is 6.93. The van der Waals surface area contributed by atoms with Crippen molar-refractivity contribution in [3.63, 3.8) is 0 Å². The Balaban J connectivity index is 2.08. The van der Waals surface area contributed by atoms with Gasteiger partial charge in [0.05, 0.1) is 22.5 Å². The van der Waals surface area contributed by atoms with Gasteiger partial charge in [0.2, 0.25) is 0 Å². The van der Waals surface area contributed by atoms with Gasteiger partial charge in [-0.2, -0.15) is 0 Å². The molecule has 0 bridgehead atoms. The summed E-state index contributed by atoms with van der Waals surface area (Å²) < 4.78 is 0. The molecule has 2 aromatic carbocycles. The van der Waals surface area contributed by atoms with E-state index in [0.717, 1.165) is 26.7 Å². The molecule has 0 unspecified atom stereocenters. The number of oxime groups is 1. The average Bonchev–Trinajstić information content (AvgIpc) is 2.47. The van der Waals surface area contributed by atoms with Gasteiger partial charge in [0.15, 0.2) is 0 Å². The Labute approximate surface area is 124 Å². The van der Waals surface area contributed by atoms with Gasteiger partial charge in [-0.1, -0.05) is 23.0 Å². The molecule has 3 rings (SSSR count). The number of fused-ring (bicyclic) bond motifs is 2. The largest absolute Gasteiger partial charge is 0.411 e. The summed E-state index contributed by atoms with van der Waals surface area (Å²) in [7, 11) is 1.92. The van der Waals surface area contributed by atoms with Crippen LogP contribution in [0.15, 0.2) is 51.3 Å². The second kappa shape index (κ2) is 5.10. The first-order chi connectivity index (χ1) is 10.1. The van der Waals surface area contributed by atoms with E-state index in [1.54, 1.807) is 12.1 Å². The fourth-order valence-corrected chi connectivity index (χ4v) is 3.49. The van der Waals surface area contributed by atoms with Crippen LogP contribution in [-0.2, 0) is 0 Å². The van der Waals surface area contributed by atoms with E-state index >= 15 is 0 Å². The van der Waals surface area contributed by atoms with Gasteiger partial charge in [0.25, 0.3) is 5.69 Å². The molecule has 6 nitrogen and oxygen atoms in total. The van der Waals surface area contributed by atoms with Crippen LogP contribution >= 0.6 is 11.8 Å². The van der Waals surface area contributed by atoms with Crippen molar-refractivity contribution < 1.29 is 10.1 Å². The molecule has 7 heteroatoms. The van der Waals surface area contributed by atoms with Crippen molar-refractivity contribution >= 4 is 35.0 Å². The molecule has 0 spiro atoms. The first kappa shape index (κ1) is 13.4. The molecule has 0 radical (unpaired) electrons. The maximum atomic E-state index is 10.9. The topological polar surface area (TPSA) is 79.0 Å². The average molecular weight is 301 g/mol. The standard InChI is InChI=1S/C14H11N3O3S/c1-16-11-4-2-9(8-15-18)6-13(11)21-14-7-10(17(19)20)3-5-12(14)16/h2-8,18H,1H3. The molecule has 2 aromatic rings. The van der Waals surface area contributed by atoms with Crippen molar-refractivity contribution in [2.24, 2.45) is 5.16 Å². The van der Waals surface area contributed by atoms with Crippen molar-refractivity contribution in [1.82, 2.24) is 0 Å². The molecule has 0 amide bonds. The van der Waals surface area contributed by atoms with Crippen molar-refractivity contribution in [2.45, 2.75) is 9.79 Å². The molecule has 21 heavy (non-hydrogen) atoms. The molecule has 0 saturated heterocycles. The zero-order valence-corrected chi connectivity index (χ0v) is 11.9. The van der Waals surface area contributed by atoms with Crippen LogP contribution in [0.4, 0.5) is 17.1 Å². The summed E-state index contributed by atoms with van der Waals surface area (Å²) in [6.07, 6.45) is 1.35. The van der Waals surface area contributed by atoms with Gasteiger partial charge in [-0.25, -0.2) is 0 Å². The second-order valence-electron chi connectivity index (χ2n) is 4.54. The van der Waals surface area contributed by atoms with Crippen LogP contribution in [0.1, 0.15) is 5.56 Å². The Morgan fingerprint density at radius 3 is 2.57 bits per heavy atom. The van der Waals surface area contributed by atoms with Gasteiger partial charge in [0.1, 0.15) is 0 Å². The molecule has 1 heterocycles. The molecule has 0 fully saturated rings. The van der Waals surface area contributed by atoms with Gasteiger partial charge < -0.3 is 10.1 Å². The number of hydrogen-bond acceptors (Lipinski definition) is 6. The molecule has 0 aliphatic carbocycles. The summed E-state index contributed by atoms with van der Waals surface area (Å²) in [5, 5.41) is 22.5. The maximum Gasteiger partial charge on any atom is 0.270 e. The van der Waals surface area contributed by atoms with E-state index < -0.39 is 4.92 Å². The lowest BCUT2D eigenvalue weighted by Crippen LogP contribution is -2.14. The van der Waals surface area contributed by atoms with Gasteiger partial charge in [-0.05, 0) is 23.8 Å². The molecular weight excluding hydrogens is 290 g/mol. The van der Waals surface area contributed by atoms with Crippen LogP contribution in [0.2, 0.25) is 0 Å². The van der Waals surface area contributed by atoms with E-state index in [1.807, 2.05) is 30.1 Å². The Kier molecular flexibility index (Phi) is 3.26. The number of rotatable bonds is 2. The van der Waals surface area contributed by atoms with E-state index in [1.165, 1.54) is 24.0 Å². The Morgan fingerprint density at radius 1 is 1.24 bits per heavy atom. The van der Waals surface area contributed by atoms with Gasteiger partial charge in [0, 0.05) is 29.0 Å². The molecule has 1 aliphatic heterocycles. The quantitative estimate of drug-likeness (QED) is 0.396. The highest BCUT2D eigenvalue weighted by Gasteiger charge is 2.23. The van der Waals surface area contributed by atoms with Crippen LogP contribution in [0.25, 0.3) is 0 Å². The van der Waals surface area contributed by atoms with Crippen LogP contribution in [-0.4, -0.2) is 23.4 Å². The van der Waals surface area contributed by atoms with Crippen LogP contribution < -0.4 is 4.90 Å². The van der Waals surface area contributed by atoms with Crippen molar-refractivity contribution in [3.8, 4) is 0 Å². The number of hydrogen-bond donors (Lipinski definition) is 1. The zero-order chi connectivity index (χ0) is 15.0. The molecule has 0 saturated carbocycles. The SMILES string of the molecule is CN1c2ccc(C=NO)cc2Sc2cc([N+](=O)[O-])ccc21. The number of nitro benzene ring substituents is 1. The summed E-state index contributed by atoms with van der Waals surface area (Å²) in [4.78, 5) is 14.3. The fraction of sp³-hybridized carbons (Fsp3) is 0.0714. The first-order valence-electron chi connectivity index (χ1n) is 6.11. The van der Waals surface area contributed by atoms with E-state index in [0.29, 0.717) is 0 Å². The highest BCUT2D eigenvalue weighted by Crippen LogP contribution is 2.48. The predicted octanol–water partition coefficient (Wildman–Crippen LogP) is 3.64. The maximum absolute atomic E-state index is 10.9. The highest BCUT2D eigenvalue weighted by molar-refractivity contribution is 7.99. The minimum absolute atomic E-state index is 0.0752. The second-order valence-corrected chi connectivity index (χ2v) is 5.63.